The lowest BCUT2D eigenvalue weighted by Gasteiger charge is -2.16. The molecular formula is C20H16FN3O4. The lowest BCUT2D eigenvalue weighted by Crippen LogP contribution is -2.24. The second-order valence-corrected chi connectivity index (χ2v) is 6.86. The van der Waals surface area contributed by atoms with Crippen LogP contribution in [0.15, 0.2) is 40.9 Å². The Hall–Kier alpha value is -3.42. The molecule has 1 aromatic heterocycles. The highest BCUT2D eigenvalue weighted by Gasteiger charge is 2.35. The van der Waals surface area contributed by atoms with Gasteiger partial charge in [0.1, 0.15) is 5.82 Å². The molecule has 0 saturated carbocycles. The summed E-state index contributed by atoms with van der Waals surface area (Å²) in [6, 6.07) is 10.2. The fourth-order valence-corrected chi connectivity index (χ4v) is 3.43. The molecule has 0 radical (unpaired) electrons. The van der Waals surface area contributed by atoms with Crippen LogP contribution in [0.2, 0.25) is 0 Å². The van der Waals surface area contributed by atoms with Crippen molar-refractivity contribution in [2.24, 2.45) is 0 Å². The summed E-state index contributed by atoms with van der Waals surface area (Å²) < 4.78 is 30.0. The smallest absolute Gasteiger partial charge is 0.232 e. The van der Waals surface area contributed by atoms with Crippen LogP contribution in [0.25, 0.3) is 11.4 Å². The third-order valence-corrected chi connectivity index (χ3v) is 5.01. The van der Waals surface area contributed by atoms with Crippen molar-refractivity contribution in [2.45, 2.75) is 19.3 Å². The number of amides is 1. The van der Waals surface area contributed by atoms with E-state index in [-0.39, 0.29) is 30.9 Å². The van der Waals surface area contributed by atoms with Crippen LogP contribution < -0.4 is 14.4 Å². The van der Waals surface area contributed by atoms with Crippen LogP contribution in [0.3, 0.4) is 0 Å². The maximum absolute atomic E-state index is 13.9. The molecule has 7 nitrogen and oxygen atoms in total. The van der Waals surface area contributed by atoms with Crippen LogP contribution in [0.5, 0.6) is 11.5 Å². The molecule has 3 heterocycles. The predicted octanol–water partition coefficient (Wildman–Crippen LogP) is 3.43. The highest BCUT2D eigenvalue weighted by Crippen LogP contribution is 2.36. The molecule has 0 aliphatic carbocycles. The lowest BCUT2D eigenvalue weighted by atomic mass is 10.1. The molecule has 0 unspecified atom stereocenters. The first-order chi connectivity index (χ1) is 13.6. The van der Waals surface area contributed by atoms with Gasteiger partial charge in [0, 0.05) is 24.2 Å². The SMILES string of the molecule is Cc1ccc(N2C[C@H](c3nc(-c4ccc5c(c4)OCO5)no3)CC2=O)cc1F. The molecule has 2 aromatic carbocycles. The van der Waals surface area contributed by atoms with Gasteiger partial charge in [-0.15, -0.1) is 0 Å². The van der Waals surface area contributed by atoms with E-state index in [2.05, 4.69) is 10.1 Å². The highest BCUT2D eigenvalue weighted by molar-refractivity contribution is 5.96. The number of aryl methyl sites for hydroxylation is 1. The Morgan fingerprint density at radius 3 is 2.86 bits per heavy atom. The number of benzene rings is 2. The number of halogens is 1. The van der Waals surface area contributed by atoms with Gasteiger partial charge in [-0.3, -0.25) is 4.79 Å². The van der Waals surface area contributed by atoms with Gasteiger partial charge in [-0.05, 0) is 42.8 Å². The Morgan fingerprint density at radius 1 is 1.14 bits per heavy atom. The molecule has 1 fully saturated rings. The summed E-state index contributed by atoms with van der Waals surface area (Å²) in [6.45, 7) is 2.24. The molecule has 1 amide bonds. The molecular weight excluding hydrogens is 365 g/mol. The fraction of sp³-hybridized carbons (Fsp3) is 0.250. The van der Waals surface area contributed by atoms with Crippen LogP contribution in [0.4, 0.5) is 10.1 Å². The number of hydrogen-bond donors (Lipinski definition) is 0. The Bertz CT molecular complexity index is 1080. The number of carbonyl (C=O) groups is 1. The molecule has 0 bridgehead atoms. The van der Waals surface area contributed by atoms with E-state index in [9.17, 15) is 9.18 Å². The molecule has 1 saturated heterocycles. The zero-order valence-electron chi connectivity index (χ0n) is 15.0. The van der Waals surface area contributed by atoms with Crippen LogP contribution in [0.1, 0.15) is 23.8 Å². The second kappa shape index (κ2) is 6.33. The normalized spacial score (nSPS) is 18.1. The summed E-state index contributed by atoms with van der Waals surface area (Å²) in [5.74, 6) is 1.43. The van der Waals surface area contributed by atoms with E-state index in [0.717, 1.165) is 5.56 Å². The van der Waals surface area contributed by atoms with Crippen molar-refractivity contribution in [3.8, 4) is 22.9 Å². The molecule has 2 aliphatic rings. The van der Waals surface area contributed by atoms with Gasteiger partial charge in [-0.2, -0.15) is 4.98 Å². The highest BCUT2D eigenvalue weighted by atomic mass is 19.1. The third kappa shape index (κ3) is 2.77. The van der Waals surface area contributed by atoms with E-state index in [1.54, 1.807) is 36.1 Å². The summed E-state index contributed by atoms with van der Waals surface area (Å²) in [5, 5.41) is 4.03. The Balaban J connectivity index is 1.37. The van der Waals surface area contributed by atoms with E-state index >= 15 is 0 Å². The largest absolute Gasteiger partial charge is 0.454 e. The Morgan fingerprint density at radius 2 is 2.00 bits per heavy atom. The summed E-state index contributed by atoms with van der Waals surface area (Å²) >= 11 is 0. The summed E-state index contributed by atoms with van der Waals surface area (Å²) in [6.07, 6.45) is 0.234. The van der Waals surface area contributed by atoms with Crippen molar-refractivity contribution >= 4 is 11.6 Å². The standard InChI is InChI=1S/C20H16FN3O4/c1-11-2-4-14(8-15(11)21)24-9-13(7-18(24)25)20-22-19(23-28-20)12-3-5-16-17(6-12)27-10-26-16/h2-6,8,13H,7,9-10H2,1H3/t13-/m1/s1. The van der Waals surface area contributed by atoms with Gasteiger partial charge in [0.05, 0.1) is 5.92 Å². The molecule has 142 valence electrons. The first-order valence-electron chi connectivity index (χ1n) is 8.88. The van der Waals surface area contributed by atoms with Gasteiger partial charge in [-0.1, -0.05) is 11.2 Å². The zero-order chi connectivity index (χ0) is 19.3. The maximum atomic E-state index is 13.9. The summed E-state index contributed by atoms with van der Waals surface area (Å²) in [4.78, 5) is 18.5. The predicted molar refractivity (Wildman–Crippen MR) is 96.7 cm³/mol. The van der Waals surface area contributed by atoms with Crippen molar-refractivity contribution in [2.75, 3.05) is 18.2 Å². The number of anilines is 1. The van der Waals surface area contributed by atoms with E-state index in [0.29, 0.717) is 41.0 Å². The van der Waals surface area contributed by atoms with Gasteiger partial charge in [0.2, 0.25) is 24.4 Å². The topological polar surface area (TPSA) is 77.7 Å². The third-order valence-electron chi connectivity index (χ3n) is 5.01. The van der Waals surface area contributed by atoms with E-state index in [1.807, 2.05) is 6.07 Å². The number of hydrogen-bond acceptors (Lipinski definition) is 6. The van der Waals surface area contributed by atoms with Crippen molar-refractivity contribution in [3.63, 3.8) is 0 Å². The number of fused-ring (bicyclic) bond motifs is 1. The van der Waals surface area contributed by atoms with Gasteiger partial charge in [0.15, 0.2) is 11.5 Å². The van der Waals surface area contributed by atoms with E-state index in [4.69, 9.17) is 14.0 Å². The van der Waals surface area contributed by atoms with Crippen LogP contribution >= 0.6 is 0 Å². The summed E-state index contributed by atoms with van der Waals surface area (Å²) in [7, 11) is 0. The monoisotopic (exact) mass is 381 g/mol. The van der Waals surface area contributed by atoms with Gasteiger partial charge < -0.3 is 18.9 Å². The van der Waals surface area contributed by atoms with Crippen molar-refractivity contribution in [3.05, 3.63) is 53.7 Å². The minimum Gasteiger partial charge on any atom is -0.454 e. The molecule has 2 aliphatic heterocycles. The van der Waals surface area contributed by atoms with E-state index in [1.165, 1.54) is 6.07 Å². The molecule has 28 heavy (non-hydrogen) atoms. The zero-order valence-corrected chi connectivity index (χ0v) is 15.0. The fourth-order valence-electron chi connectivity index (χ4n) is 3.43. The van der Waals surface area contributed by atoms with Crippen molar-refractivity contribution in [1.29, 1.82) is 0 Å². The number of rotatable bonds is 3. The quantitative estimate of drug-likeness (QED) is 0.692. The van der Waals surface area contributed by atoms with Gasteiger partial charge in [-0.25, -0.2) is 4.39 Å². The Labute approximate surface area is 159 Å². The van der Waals surface area contributed by atoms with Gasteiger partial charge >= 0.3 is 0 Å². The minimum absolute atomic E-state index is 0.101. The van der Waals surface area contributed by atoms with Crippen LogP contribution in [-0.2, 0) is 4.79 Å². The van der Waals surface area contributed by atoms with Crippen LogP contribution in [0, 0.1) is 12.7 Å². The average molecular weight is 381 g/mol. The Kier molecular flexibility index (Phi) is 3.78. The average Bonchev–Trinajstić information content (AvgIpc) is 3.42. The molecule has 0 spiro atoms. The van der Waals surface area contributed by atoms with Crippen molar-refractivity contribution < 1.29 is 23.2 Å². The van der Waals surface area contributed by atoms with E-state index < -0.39 is 0 Å². The van der Waals surface area contributed by atoms with Crippen molar-refractivity contribution in [1.82, 2.24) is 10.1 Å². The number of ether oxygens (including phenoxy) is 2. The van der Waals surface area contributed by atoms with Gasteiger partial charge in [0.25, 0.3) is 0 Å². The number of nitrogens with zero attached hydrogens (tertiary/aromatic N) is 3. The first-order valence-corrected chi connectivity index (χ1v) is 8.88. The molecule has 5 rings (SSSR count). The minimum atomic E-state index is -0.336. The first kappa shape index (κ1) is 16.7. The number of carbonyl (C=O) groups excluding carboxylic acids is 1. The maximum Gasteiger partial charge on any atom is 0.232 e. The molecule has 1 atom stereocenters. The second-order valence-electron chi connectivity index (χ2n) is 6.86. The molecule has 0 N–H and O–H groups in total. The molecule has 3 aromatic rings. The lowest BCUT2D eigenvalue weighted by molar-refractivity contribution is -0.117. The molecule has 8 heteroatoms. The number of aromatic nitrogens is 2. The van der Waals surface area contributed by atoms with Crippen LogP contribution in [-0.4, -0.2) is 29.4 Å². The summed E-state index contributed by atoms with van der Waals surface area (Å²) in [5.41, 5.74) is 1.81.